The minimum absolute atomic E-state index is 0.103. The Balaban J connectivity index is 1.83. The molecule has 0 radical (unpaired) electrons. The molecule has 0 spiro atoms. The molecule has 0 amide bonds. The summed E-state index contributed by atoms with van der Waals surface area (Å²) in [7, 11) is 0. The summed E-state index contributed by atoms with van der Waals surface area (Å²) in [4.78, 5) is 0. The van der Waals surface area contributed by atoms with Gasteiger partial charge in [0.05, 0.1) is 0 Å². The standard InChI is InChI=1S/C17H17NS/c18-17(9-8-13-10-11-19-12-13)16-7-3-5-14-4-1-2-6-15(14)16/h1-7,10-12,17H,8-9,18H2. The number of thiophene rings is 1. The summed E-state index contributed by atoms with van der Waals surface area (Å²) in [5.74, 6) is 0. The van der Waals surface area contributed by atoms with Gasteiger partial charge >= 0.3 is 0 Å². The van der Waals surface area contributed by atoms with Gasteiger partial charge < -0.3 is 5.73 Å². The Morgan fingerprint density at radius 3 is 2.68 bits per heavy atom. The van der Waals surface area contributed by atoms with Gasteiger partial charge in [0.15, 0.2) is 0 Å². The third-order valence-electron chi connectivity index (χ3n) is 3.55. The lowest BCUT2D eigenvalue weighted by Crippen LogP contribution is -2.11. The van der Waals surface area contributed by atoms with Crippen LogP contribution in [0.2, 0.25) is 0 Å². The summed E-state index contributed by atoms with van der Waals surface area (Å²) in [5, 5.41) is 6.88. The summed E-state index contributed by atoms with van der Waals surface area (Å²) >= 11 is 1.75. The third-order valence-corrected chi connectivity index (χ3v) is 4.28. The Labute approximate surface area is 117 Å². The fourth-order valence-electron chi connectivity index (χ4n) is 2.49. The van der Waals surface area contributed by atoms with Gasteiger partial charge in [-0.25, -0.2) is 0 Å². The lowest BCUT2D eigenvalue weighted by atomic mass is 9.95. The van der Waals surface area contributed by atoms with Crippen molar-refractivity contribution in [2.24, 2.45) is 5.73 Å². The van der Waals surface area contributed by atoms with Crippen molar-refractivity contribution in [1.82, 2.24) is 0 Å². The molecule has 19 heavy (non-hydrogen) atoms. The first kappa shape index (κ1) is 12.4. The number of hydrogen-bond donors (Lipinski definition) is 1. The molecule has 0 fully saturated rings. The lowest BCUT2D eigenvalue weighted by Gasteiger charge is -2.14. The maximum absolute atomic E-state index is 6.38. The zero-order chi connectivity index (χ0) is 13.1. The van der Waals surface area contributed by atoms with Crippen LogP contribution in [0, 0.1) is 0 Å². The Kier molecular flexibility index (Phi) is 3.62. The van der Waals surface area contributed by atoms with Gasteiger partial charge in [0, 0.05) is 6.04 Å². The second-order valence-corrected chi connectivity index (χ2v) is 5.63. The quantitative estimate of drug-likeness (QED) is 0.738. The van der Waals surface area contributed by atoms with Crippen molar-refractivity contribution in [3.05, 3.63) is 70.4 Å². The SMILES string of the molecule is NC(CCc1ccsc1)c1cccc2ccccc12. The molecule has 96 valence electrons. The summed E-state index contributed by atoms with van der Waals surface area (Å²) in [6, 6.07) is 17.1. The van der Waals surface area contributed by atoms with Gasteiger partial charge in [-0.05, 0) is 51.6 Å². The van der Waals surface area contributed by atoms with E-state index in [0.717, 1.165) is 12.8 Å². The molecule has 1 aromatic heterocycles. The molecule has 3 aromatic rings. The highest BCUT2D eigenvalue weighted by atomic mass is 32.1. The molecule has 0 aliphatic carbocycles. The highest BCUT2D eigenvalue weighted by Gasteiger charge is 2.09. The van der Waals surface area contributed by atoms with Crippen molar-refractivity contribution in [2.75, 3.05) is 0 Å². The summed E-state index contributed by atoms with van der Waals surface area (Å²) in [6.45, 7) is 0. The molecule has 0 aliphatic heterocycles. The van der Waals surface area contributed by atoms with E-state index < -0.39 is 0 Å². The van der Waals surface area contributed by atoms with E-state index in [1.54, 1.807) is 11.3 Å². The normalized spacial score (nSPS) is 12.7. The molecular formula is C17H17NS. The van der Waals surface area contributed by atoms with E-state index >= 15 is 0 Å². The second-order valence-electron chi connectivity index (χ2n) is 4.85. The predicted molar refractivity (Wildman–Crippen MR) is 83.5 cm³/mol. The molecule has 0 aliphatic rings. The van der Waals surface area contributed by atoms with Crippen LogP contribution in [0.1, 0.15) is 23.6 Å². The summed E-state index contributed by atoms with van der Waals surface area (Å²) < 4.78 is 0. The van der Waals surface area contributed by atoms with Crippen LogP contribution in [0.25, 0.3) is 10.8 Å². The number of hydrogen-bond acceptors (Lipinski definition) is 2. The number of fused-ring (bicyclic) bond motifs is 1. The number of aryl methyl sites for hydroxylation is 1. The molecular weight excluding hydrogens is 250 g/mol. The zero-order valence-electron chi connectivity index (χ0n) is 10.8. The Morgan fingerprint density at radius 2 is 1.84 bits per heavy atom. The van der Waals surface area contributed by atoms with Crippen LogP contribution in [0.4, 0.5) is 0 Å². The molecule has 3 rings (SSSR count). The first-order valence-corrected chi connectivity index (χ1v) is 7.53. The molecule has 1 atom stereocenters. The molecule has 2 aromatic carbocycles. The lowest BCUT2D eigenvalue weighted by molar-refractivity contribution is 0.657. The van der Waals surface area contributed by atoms with Crippen molar-refractivity contribution in [2.45, 2.75) is 18.9 Å². The number of benzene rings is 2. The van der Waals surface area contributed by atoms with Gasteiger partial charge in [0.25, 0.3) is 0 Å². The van der Waals surface area contributed by atoms with E-state index in [-0.39, 0.29) is 6.04 Å². The van der Waals surface area contributed by atoms with Crippen molar-refractivity contribution in [1.29, 1.82) is 0 Å². The number of nitrogens with two attached hydrogens (primary N) is 1. The molecule has 0 saturated heterocycles. The highest BCUT2D eigenvalue weighted by Crippen LogP contribution is 2.25. The van der Waals surface area contributed by atoms with E-state index in [1.165, 1.54) is 21.9 Å². The van der Waals surface area contributed by atoms with Gasteiger partial charge in [-0.15, -0.1) is 0 Å². The summed E-state index contributed by atoms with van der Waals surface area (Å²) in [5.41, 5.74) is 9.03. The first-order valence-electron chi connectivity index (χ1n) is 6.59. The minimum atomic E-state index is 0.103. The van der Waals surface area contributed by atoms with Crippen molar-refractivity contribution in [3.63, 3.8) is 0 Å². The van der Waals surface area contributed by atoms with Gasteiger partial charge in [-0.1, -0.05) is 42.5 Å². The van der Waals surface area contributed by atoms with Crippen molar-refractivity contribution in [3.8, 4) is 0 Å². The monoisotopic (exact) mass is 267 g/mol. The average molecular weight is 267 g/mol. The van der Waals surface area contributed by atoms with E-state index in [2.05, 4.69) is 59.3 Å². The topological polar surface area (TPSA) is 26.0 Å². The zero-order valence-corrected chi connectivity index (χ0v) is 11.6. The van der Waals surface area contributed by atoms with Gasteiger partial charge in [0.2, 0.25) is 0 Å². The molecule has 2 N–H and O–H groups in total. The van der Waals surface area contributed by atoms with Crippen LogP contribution in [-0.4, -0.2) is 0 Å². The van der Waals surface area contributed by atoms with Crippen LogP contribution in [0.15, 0.2) is 59.3 Å². The van der Waals surface area contributed by atoms with Crippen LogP contribution in [-0.2, 0) is 6.42 Å². The van der Waals surface area contributed by atoms with Crippen LogP contribution in [0.5, 0.6) is 0 Å². The molecule has 1 heterocycles. The Hall–Kier alpha value is -1.64. The van der Waals surface area contributed by atoms with Gasteiger partial charge in [-0.2, -0.15) is 11.3 Å². The Bertz CT molecular complexity index is 653. The fourth-order valence-corrected chi connectivity index (χ4v) is 3.19. The largest absolute Gasteiger partial charge is 0.324 e. The predicted octanol–water partition coefficient (Wildman–Crippen LogP) is 4.53. The second kappa shape index (κ2) is 5.55. The molecule has 1 nitrogen and oxygen atoms in total. The van der Waals surface area contributed by atoms with Crippen molar-refractivity contribution < 1.29 is 0 Å². The van der Waals surface area contributed by atoms with E-state index in [0.29, 0.717) is 0 Å². The first-order chi connectivity index (χ1) is 9.34. The fraction of sp³-hybridized carbons (Fsp3) is 0.176. The van der Waals surface area contributed by atoms with Crippen molar-refractivity contribution >= 4 is 22.1 Å². The van der Waals surface area contributed by atoms with E-state index in [9.17, 15) is 0 Å². The smallest absolute Gasteiger partial charge is 0.0304 e. The van der Waals surface area contributed by atoms with Crippen LogP contribution >= 0.6 is 11.3 Å². The number of rotatable bonds is 4. The molecule has 2 heteroatoms. The van der Waals surface area contributed by atoms with Gasteiger partial charge in [-0.3, -0.25) is 0 Å². The maximum atomic E-state index is 6.38. The Morgan fingerprint density at radius 1 is 1.00 bits per heavy atom. The summed E-state index contributed by atoms with van der Waals surface area (Å²) in [6.07, 6.45) is 2.04. The van der Waals surface area contributed by atoms with E-state index in [1.807, 2.05) is 0 Å². The molecule has 0 bridgehead atoms. The highest BCUT2D eigenvalue weighted by molar-refractivity contribution is 7.07. The minimum Gasteiger partial charge on any atom is -0.324 e. The van der Waals surface area contributed by atoms with E-state index in [4.69, 9.17) is 5.73 Å². The van der Waals surface area contributed by atoms with Gasteiger partial charge in [0.1, 0.15) is 0 Å². The molecule has 1 unspecified atom stereocenters. The molecule has 0 saturated carbocycles. The maximum Gasteiger partial charge on any atom is 0.0304 e. The third kappa shape index (κ3) is 2.70. The van der Waals surface area contributed by atoms with Crippen LogP contribution in [0.3, 0.4) is 0 Å². The average Bonchev–Trinajstić information content (AvgIpc) is 2.97. The van der Waals surface area contributed by atoms with Crippen LogP contribution < -0.4 is 5.73 Å².